The summed E-state index contributed by atoms with van der Waals surface area (Å²) >= 11 is 0. The van der Waals surface area contributed by atoms with Crippen LogP contribution >= 0.6 is 0 Å². The minimum absolute atomic E-state index is 0.341. The Balaban J connectivity index is 1.92. The summed E-state index contributed by atoms with van der Waals surface area (Å²) in [5.41, 5.74) is 1.80. The lowest BCUT2D eigenvalue weighted by molar-refractivity contribution is 0.0322. The molecule has 1 aromatic carbocycles. The van der Waals surface area contributed by atoms with Crippen LogP contribution < -0.4 is 4.74 Å². The van der Waals surface area contributed by atoms with Crippen molar-refractivity contribution in [1.29, 1.82) is 0 Å². The van der Waals surface area contributed by atoms with E-state index >= 15 is 0 Å². The summed E-state index contributed by atoms with van der Waals surface area (Å²) in [5.74, 6) is 1.23. The molecular weight excluding hydrogens is 254 g/mol. The smallest absolute Gasteiger partial charge is 0.150 e. The molecule has 0 saturated carbocycles. The number of carbonyl (C=O) groups is 1. The number of hydrogen-bond donors (Lipinski definition) is 0. The first-order chi connectivity index (χ1) is 9.70. The summed E-state index contributed by atoms with van der Waals surface area (Å²) in [4.78, 5) is 13.2. The maximum atomic E-state index is 10.9. The Kier molecular flexibility index (Phi) is 5.56. The Morgan fingerprint density at radius 2 is 2.10 bits per heavy atom. The fourth-order valence-electron chi connectivity index (χ4n) is 2.33. The van der Waals surface area contributed by atoms with Crippen LogP contribution in [0.25, 0.3) is 0 Å². The van der Waals surface area contributed by atoms with E-state index in [-0.39, 0.29) is 0 Å². The number of rotatable bonds is 6. The SMILES string of the molecule is CC(C)c1cc(C=O)ccc1OCCN1CCOCC1. The second-order valence-corrected chi connectivity index (χ2v) is 5.37. The number of benzene rings is 1. The molecule has 4 nitrogen and oxygen atoms in total. The van der Waals surface area contributed by atoms with Crippen LogP contribution in [-0.2, 0) is 4.74 Å². The van der Waals surface area contributed by atoms with Gasteiger partial charge in [-0.2, -0.15) is 0 Å². The zero-order valence-electron chi connectivity index (χ0n) is 12.3. The third kappa shape index (κ3) is 4.05. The summed E-state index contributed by atoms with van der Waals surface area (Å²) in [6.07, 6.45) is 0.878. The highest BCUT2D eigenvalue weighted by Gasteiger charge is 2.12. The standard InChI is InChI=1S/C16H23NO3/c1-13(2)15-11-14(12-18)3-4-16(15)20-10-7-17-5-8-19-9-6-17/h3-4,11-13H,5-10H2,1-2H3. The van der Waals surface area contributed by atoms with Crippen molar-refractivity contribution in [2.45, 2.75) is 19.8 Å². The zero-order chi connectivity index (χ0) is 14.4. The number of nitrogens with zero attached hydrogens (tertiary/aromatic N) is 1. The first-order valence-corrected chi connectivity index (χ1v) is 7.22. The minimum Gasteiger partial charge on any atom is -0.492 e. The molecule has 0 bridgehead atoms. The molecule has 2 rings (SSSR count). The molecule has 0 aliphatic carbocycles. The lowest BCUT2D eigenvalue weighted by Crippen LogP contribution is -2.38. The van der Waals surface area contributed by atoms with Crippen molar-refractivity contribution in [2.24, 2.45) is 0 Å². The van der Waals surface area contributed by atoms with Gasteiger partial charge in [0.25, 0.3) is 0 Å². The molecule has 20 heavy (non-hydrogen) atoms. The first kappa shape index (κ1) is 15.0. The highest BCUT2D eigenvalue weighted by molar-refractivity contribution is 5.75. The highest BCUT2D eigenvalue weighted by atomic mass is 16.5. The van der Waals surface area contributed by atoms with Gasteiger partial charge in [0.15, 0.2) is 0 Å². The lowest BCUT2D eigenvalue weighted by Gasteiger charge is -2.26. The first-order valence-electron chi connectivity index (χ1n) is 7.22. The van der Waals surface area contributed by atoms with Gasteiger partial charge in [-0.3, -0.25) is 9.69 Å². The van der Waals surface area contributed by atoms with E-state index in [9.17, 15) is 4.79 Å². The number of carbonyl (C=O) groups excluding carboxylic acids is 1. The molecule has 0 N–H and O–H groups in total. The zero-order valence-corrected chi connectivity index (χ0v) is 12.3. The summed E-state index contributed by atoms with van der Waals surface area (Å²) < 4.78 is 11.2. The Labute approximate surface area is 120 Å². The molecule has 1 fully saturated rings. The second-order valence-electron chi connectivity index (χ2n) is 5.37. The van der Waals surface area contributed by atoms with Crippen molar-refractivity contribution >= 4 is 6.29 Å². The maximum absolute atomic E-state index is 10.9. The summed E-state index contributed by atoms with van der Waals surface area (Å²) in [7, 11) is 0. The normalized spacial score (nSPS) is 16.4. The topological polar surface area (TPSA) is 38.8 Å². The van der Waals surface area contributed by atoms with Crippen molar-refractivity contribution < 1.29 is 14.3 Å². The molecule has 0 atom stereocenters. The Morgan fingerprint density at radius 3 is 2.75 bits per heavy atom. The molecule has 0 unspecified atom stereocenters. The van der Waals surface area contributed by atoms with Gasteiger partial charge in [0.1, 0.15) is 18.6 Å². The van der Waals surface area contributed by atoms with Gasteiger partial charge in [-0.25, -0.2) is 0 Å². The highest BCUT2D eigenvalue weighted by Crippen LogP contribution is 2.27. The Bertz CT molecular complexity index is 439. The van der Waals surface area contributed by atoms with Gasteiger partial charge in [-0.05, 0) is 29.7 Å². The van der Waals surface area contributed by atoms with Gasteiger partial charge in [-0.1, -0.05) is 13.8 Å². The average molecular weight is 277 g/mol. The fourth-order valence-corrected chi connectivity index (χ4v) is 2.33. The van der Waals surface area contributed by atoms with Crippen LogP contribution in [0.2, 0.25) is 0 Å². The van der Waals surface area contributed by atoms with Crippen LogP contribution in [0.15, 0.2) is 18.2 Å². The molecule has 1 heterocycles. The molecule has 1 aliphatic heterocycles. The average Bonchev–Trinajstić information content (AvgIpc) is 2.48. The summed E-state index contributed by atoms with van der Waals surface area (Å²) in [6.45, 7) is 9.37. The van der Waals surface area contributed by atoms with Crippen LogP contribution in [0, 0.1) is 0 Å². The van der Waals surface area contributed by atoms with Crippen LogP contribution in [0.1, 0.15) is 35.7 Å². The van der Waals surface area contributed by atoms with Gasteiger partial charge in [0, 0.05) is 25.2 Å². The van der Waals surface area contributed by atoms with E-state index in [2.05, 4.69) is 18.7 Å². The molecule has 4 heteroatoms. The van der Waals surface area contributed by atoms with Crippen LogP contribution in [0.3, 0.4) is 0 Å². The van der Waals surface area contributed by atoms with Gasteiger partial charge >= 0.3 is 0 Å². The molecule has 0 radical (unpaired) electrons. The van der Waals surface area contributed by atoms with Gasteiger partial charge in [-0.15, -0.1) is 0 Å². The molecule has 1 aliphatic rings. The van der Waals surface area contributed by atoms with E-state index < -0.39 is 0 Å². The molecule has 0 aromatic heterocycles. The van der Waals surface area contributed by atoms with Gasteiger partial charge in [0.05, 0.1) is 13.2 Å². The van der Waals surface area contributed by atoms with Gasteiger partial charge in [0.2, 0.25) is 0 Å². The van der Waals surface area contributed by atoms with Crippen LogP contribution in [0.5, 0.6) is 5.75 Å². The number of aldehydes is 1. The van der Waals surface area contributed by atoms with Gasteiger partial charge < -0.3 is 9.47 Å². The van der Waals surface area contributed by atoms with E-state index in [1.807, 2.05) is 18.2 Å². The Hall–Kier alpha value is -1.39. The number of ether oxygens (including phenoxy) is 2. The Morgan fingerprint density at radius 1 is 1.35 bits per heavy atom. The quantitative estimate of drug-likeness (QED) is 0.748. The second kappa shape index (κ2) is 7.41. The van der Waals surface area contributed by atoms with E-state index in [0.29, 0.717) is 18.1 Å². The van der Waals surface area contributed by atoms with Crippen molar-refractivity contribution in [3.05, 3.63) is 29.3 Å². The monoisotopic (exact) mass is 277 g/mol. The fraction of sp³-hybridized carbons (Fsp3) is 0.562. The largest absolute Gasteiger partial charge is 0.492 e. The maximum Gasteiger partial charge on any atom is 0.150 e. The summed E-state index contributed by atoms with van der Waals surface area (Å²) in [5, 5.41) is 0. The van der Waals surface area contributed by atoms with Crippen LogP contribution in [0.4, 0.5) is 0 Å². The van der Waals surface area contributed by atoms with Crippen molar-refractivity contribution in [3.8, 4) is 5.75 Å². The van der Waals surface area contributed by atoms with E-state index in [0.717, 1.165) is 50.4 Å². The summed E-state index contributed by atoms with van der Waals surface area (Å²) in [6, 6.07) is 5.63. The van der Waals surface area contributed by atoms with Crippen molar-refractivity contribution in [2.75, 3.05) is 39.5 Å². The molecule has 1 aromatic rings. The molecule has 1 saturated heterocycles. The predicted octanol–water partition coefficient (Wildman–Crippen LogP) is 2.33. The lowest BCUT2D eigenvalue weighted by atomic mass is 10.00. The third-order valence-electron chi connectivity index (χ3n) is 3.56. The van der Waals surface area contributed by atoms with E-state index in [4.69, 9.17) is 9.47 Å². The minimum atomic E-state index is 0.341. The molecule has 0 amide bonds. The number of morpholine rings is 1. The molecular formula is C16H23NO3. The van der Waals surface area contributed by atoms with Crippen LogP contribution in [-0.4, -0.2) is 50.6 Å². The third-order valence-corrected chi connectivity index (χ3v) is 3.56. The van der Waals surface area contributed by atoms with E-state index in [1.54, 1.807) is 0 Å². The van der Waals surface area contributed by atoms with Crippen molar-refractivity contribution in [1.82, 2.24) is 4.90 Å². The number of hydrogen-bond acceptors (Lipinski definition) is 4. The molecule has 0 spiro atoms. The van der Waals surface area contributed by atoms with E-state index in [1.165, 1.54) is 0 Å². The molecule has 110 valence electrons. The predicted molar refractivity (Wildman–Crippen MR) is 78.7 cm³/mol. The van der Waals surface area contributed by atoms with Crippen molar-refractivity contribution in [3.63, 3.8) is 0 Å².